The van der Waals surface area contributed by atoms with E-state index in [0.717, 1.165) is 36.1 Å². The van der Waals surface area contributed by atoms with E-state index in [1.54, 1.807) is 0 Å². The number of nitrogens with one attached hydrogen (secondary N) is 1. The largest absolute Gasteiger partial charge is 0.351 e. The van der Waals surface area contributed by atoms with Gasteiger partial charge in [-0.3, -0.25) is 4.79 Å². The molecule has 1 rings (SSSR count). The van der Waals surface area contributed by atoms with Crippen molar-refractivity contribution in [2.75, 3.05) is 6.54 Å². The first-order chi connectivity index (χ1) is 9.69. The van der Waals surface area contributed by atoms with Gasteiger partial charge in [0.15, 0.2) is 0 Å². The van der Waals surface area contributed by atoms with Crippen LogP contribution in [0.5, 0.6) is 0 Å². The molecule has 1 aromatic heterocycles. The van der Waals surface area contributed by atoms with Gasteiger partial charge < -0.3 is 9.88 Å². The Bertz CT molecular complexity index is 401. The Balaban J connectivity index is 2.28. The van der Waals surface area contributed by atoms with E-state index in [1.165, 1.54) is 32.1 Å². The van der Waals surface area contributed by atoms with Gasteiger partial charge in [0.05, 0.1) is 0 Å². The molecular formula is C16H27BrN2O. The molecule has 1 heterocycles. The smallest absolute Gasteiger partial charge is 0.267 e. The summed E-state index contributed by atoms with van der Waals surface area (Å²) in [5.41, 5.74) is 0.754. The molecule has 0 bridgehead atoms. The molecule has 0 atom stereocenters. The van der Waals surface area contributed by atoms with Gasteiger partial charge in [0, 0.05) is 23.8 Å². The van der Waals surface area contributed by atoms with Crippen molar-refractivity contribution in [3.63, 3.8) is 0 Å². The molecule has 0 aliphatic rings. The summed E-state index contributed by atoms with van der Waals surface area (Å²) < 4.78 is 2.98. The molecule has 1 aromatic rings. The van der Waals surface area contributed by atoms with Gasteiger partial charge in [0.25, 0.3) is 5.91 Å². The van der Waals surface area contributed by atoms with Crippen LogP contribution >= 0.6 is 15.9 Å². The fourth-order valence-electron chi connectivity index (χ4n) is 2.29. The minimum Gasteiger partial charge on any atom is -0.351 e. The fraction of sp³-hybridized carbons (Fsp3) is 0.688. The summed E-state index contributed by atoms with van der Waals surface area (Å²) in [7, 11) is 0. The van der Waals surface area contributed by atoms with Crippen LogP contribution in [-0.2, 0) is 6.54 Å². The van der Waals surface area contributed by atoms with Crippen molar-refractivity contribution < 1.29 is 4.79 Å². The van der Waals surface area contributed by atoms with E-state index >= 15 is 0 Å². The lowest BCUT2D eigenvalue weighted by atomic mass is 10.1. The summed E-state index contributed by atoms with van der Waals surface area (Å²) in [4.78, 5) is 12.1. The number of hydrogen-bond donors (Lipinski definition) is 1. The van der Waals surface area contributed by atoms with Crippen molar-refractivity contribution in [1.29, 1.82) is 0 Å². The maximum Gasteiger partial charge on any atom is 0.267 e. The summed E-state index contributed by atoms with van der Waals surface area (Å²) >= 11 is 3.44. The second-order valence-corrected chi connectivity index (χ2v) is 6.18. The molecule has 20 heavy (non-hydrogen) atoms. The number of unbranched alkanes of at least 4 members (excludes halogenated alkanes) is 5. The van der Waals surface area contributed by atoms with Gasteiger partial charge in [-0.2, -0.15) is 0 Å². The zero-order valence-electron chi connectivity index (χ0n) is 12.8. The van der Waals surface area contributed by atoms with Crippen LogP contribution in [0.3, 0.4) is 0 Å². The zero-order chi connectivity index (χ0) is 14.8. The molecule has 0 radical (unpaired) electrons. The van der Waals surface area contributed by atoms with Gasteiger partial charge in [0.1, 0.15) is 5.69 Å². The van der Waals surface area contributed by atoms with Crippen molar-refractivity contribution >= 4 is 21.8 Å². The van der Waals surface area contributed by atoms with Crippen LogP contribution in [-0.4, -0.2) is 17.0 Å². The third-order valence-electron chi connectivity index (χ3n) is 3.38. The molecule has 0 saturated heterocycles. The Labute approximate surface area is 131 Å². The predicted octanol–water partition coefficient (Wildman–Crippen LogP) is 4.75. The average molecular weight is 343 g/mol. The third-order valence-corrected chi connectivity index (χ3v) is 3.81. The predicted molar refractivity (Wildman–Crippen MR) is 88.1 cm³/mol. The molecule has 1 N–H and O–H groups in total. The van der Waals surface area contributed by atoms with E-state index in [2.05, 4.69) is 35.1 Å². The number of nitrogens with zero attached hydrogens (tertiary/aromatic N) is 1. The molecule has 3 nitrogen and oxygen atoms in total. The van der Waals surface area contributed by atoms with Gasteiger partial charge in [0.2, 0.25) is 0 Å². The molecule has 0 aromatic carbocycles. The lowest BCUT2D eigenvalue weighted by Crippen LogP contribution is -2.26. The molecule has 0 spiro atoms. The van der Waals surface area contributed by atoms with Gasteiger partial charge in [-0.25, -0.2) is 0 Å². The zero-order valence-corrected chi connectivity index (χ0v) is 14.3. The third kappa shape index (κ3) is 6.12. The number of hydrogen-bond acceptors (Lipinski definition) is 1. The molecule has 114 valence electrons. The van der Waals surface area contributed by atoms with Gasteiger partial charge in [-0.1, -0.05) is 46.0 Å². The summed E-state index contributed by atoms with van der Waals surface area (Å²) in [6.45, 7) is 6.00. The van der Waals surface area contributed by atoms with Crippen LogP contribution in [0.4, 0.5) is 0 Å². The van der Waals surface area contributed by atoms with Gasteiger partial charge in [-0.15, -0.1) is 0 Å². The summed E-state index contributed by atoms with van der Waals surface area (Å²) in [5, 5.41) is 3.02. The van der Waals surface area contributed by atoms with E-state index in [9.17, 15) is 4.79 Å². The van der Waals surface area contributed by atoms with Crippen molar-refractivity contribution in [2.45, 2.75) is 65.3 Å². The molecule has 4 heteroatoms. The molecule has 0 aliphatic carbocycles. The van der Waals surface area contributed by atoms with Crippen molar-refractivity contribution in [3.8, 4) is 0 Å². The molecular weight excluding hydrogens is 316 g/mol. The number of carbonyl (C=O) groups excluding carboxylic acids is 1. The highest BCUT2D eigenvalue weighted by molar-refractivity contribution is 9.10. The first-order valence-electron chi connectivity index (χ1n) is 7.82. The van der Waals surface area contributed by atoms with Crippen molar-refractivity contribution in [2.24, 2.45) is 0 Å². The standard InChI is InChI=1S/C16H27BrN2O/c1-3-5-6-7-8-9-10-18-16(20)15-12-14(17)13-19(15)11-4-2/h12-13H,3-11H2,1-2H3,(H,18,20). The average Bonchev–Trinajstić information content (AvgIpc) is 2.79. The Morgan fingerprint density at radius 1 is 1.15 bits per heavy atom. The van der Waals surface area contributed by atoms with Crippen LogP contribution in [0.25, 0.3) is 0 Å². The first kappa shape index (κ1) is 17.3. The minimum absolute atomic E-state index is 0.0395. The molecule has 0 saturated carbocycles. The topological polar surface area (TPSA) is 34.0 Å². The van der Waals surface area contributed by atoms with Gasteiger partial charge >= 0.3 is 0 Å². The summed E-state index contributed by atoms with van der Waals surface area (Å²) in [6, 6.07) is 1.90. The van der Waals surface area contributed by atoms with Crippen molar-refractivity contribution in [3.05, 3.63) is 22.4 Å². The maximum atomic E-state index is 12.1. The van der Waals surface area contributed by atoms with Gasteiger partial charge in [-0.05, 0) is 34.8 Å². The Hall–Kier alpha value is -0.770. The number of rotatable bonds is 10. The Morgan fingerprint density at radius 3 is 2.55 bits per heavy atom. The van der Waals surface area contributed by atoms with Crippen molar-refractivity contribution in [1.82, 2.24) is 9.88 Å². The molecule has 1 amide bonds. The number of aryl methyl sites for hydroxylation is 1. The highest BCUT2D eigenvalue weighted by Gasteiger charge is 2.11. The summed E-state index contributed by atoms with van der Waals surface area (Å²) in [5.74, 6) is 0.0395. The Kier molecular flexibility index (Phi) is 8.67. The number of amides is 1. The lowest BCUT2D eigenvalue weighted by Gasteiger charge is -2.08. The van der Waals surface area contributed by atoms with E-state index < -0.39 is 0 Å². The fourth-order valence-corrected chi connectivity index (χ4v) is 2.75. The molecule has 0 aliphatic heterocycles. The highest BCUT2D eigenvalue weighted by Crippen LogP contribution is 2.15. The van der Waals surface area contributed by atoms with E-state index in [-0.39, 0.29) is 5.91 Å². The first-order valence-corrected chi connectivity index (χ1v) is 8.62. The van der Waals surface area contributed by atoms with Crippen LogP contribution in [0.2, 0.25) is 0 Å². The van der Waals surface area contributed by atoms with E-state index in [4.69, 9.17) is 0 Å². The summed E-state index contributed by atoms with van der Waals surface area (Å²) in [6.07, 6.45) is 10.5. The minimum atomic E-state index is 0.0395. The van der Waals surface area contributed by atoms with Crippen LogP contribution in [0, 0.1) is 0 Å². The monoisotopic (exact) mass is 342 g/mol. The second kappa shape index (κ2) is 10.0. The lowest BCUT2D eigenvalue weighted by molar-refractivity contribution is 0.0943. The van der Waals surface area contributed by atoms with Crippen LogP contribution < -0.4 is 5.32 Å². The Morgan fingerprint density at radius 2 is 1.85 bits per heavy atom. The van der Waals surface area contributed by atoms with Crippen LogP contribution in [0.1, 0.15) is 69.3 Å². The number of aromatic nitrogens is 1. The van der Waals surface area contributed by atoms with E-state index in [0.29, 0.717) is 0 Å². The normalized spacial score (nSPS) is 10.8. The SMILES string of the molecule is CCCCCCCCNC(=O)c1cc(Br)cn1CCC. The molecule has 0 unspecified atom stereocenters. The molecule has 0 fully saturated rings. The number of halogens is 1. The highest BCUT2D eigenvalue weighted by atomic mass is 79.9. The number of carbonyl (C=O) groups is 1. The second-order valence-electron chi connectivity index (χ2n) is 5.26. The van der Waals surface area contributed by atoms with Crippen LogP contribution in [0.15, 0.2) is 16.7 Å². The quantitative estimate of drug-likeness (QED) is 0.611. The van der Waals surface area contributed by atoms with E-state index in [1.807, 2.05) is 16.8 Å². The maximum absolute atomic E-state index is 12.1.